The fourth-order valence-corrected chi connectivity index (χ4v) is 3.20. The maximum absolute atomic E-state index is 12.7. The van der Waals surface area contributed by atoms with Crippen molar-refractivity contribution in [1.82, 2.24) is 4.90 Å². The number of likely N-dealkylation sites (tertiary alicyclic amines) is 1. The van der Waals surface area contributed by atoms with E-state index in [1.54, 1.807) is 4.90 Å². The number of carbonyl (C=O) groups is 1. The minimum Gasteiger partial charge on any atom is -0.489 e. The monoisotopic (exact) mass is 275 g/mol. The van der Waals surface area contributed by atoms with Crippen LogP contribution in [-0.2, 0) is 0 Å². The summed E-state index contributed by atoms with van der Waals surface area (Å²) >= 11 is 0. The molecule has 1 aromatic carbocycles. The summed E-state index contributed by atoms with van der Waals surface area (Å²) in [6.45, 7) is 4.91. The lowest BCUT2D eigenvalue weighted by Crippen LogP contribution is -2.37. The van der Waals surface area contributed by atoms with Crippen molar-refractivity contribution in [2.24, 2.45) is 0 Å². The summed E-state index contributed by atoms with van der Waals surface area (Å²) in [5.74, 6) is 1.03. The Morgan fingerprint density at radius 1 is 1.45 bits per heavy atom. The molecule has 0 saturated carbocycles. The largest absolute Gasteiger partial charge is 0.489 e. The zero-order valence-electron chi connectivity index (χ0n) is 12.0. The number of aliphatic hydroxyl groups excluding tert-OH is 1. The van der Waals surface area contributed by atoms with Gasteiger partial charge < -0.3 is 14.7 Å². The molecule has 3 atom stereocenters. The van der Waals surface area contributed by atoms with Gasteiger partial charge in [-0.05, 0) is 25.8 Å². The van der Waals surface area contributed by atoms with Crippen molar-refractivity contribution in [1.29, 1.82) is 0 Å². The Morgan fingerprint density at radius 2 is 2.25 bits per heavy atom. The highest BCUT2D eigenvalue weighted by Crippen LogP contribution is 2.41. The third-order valence-corrected chi connectivity index (χ3v) is 4.62. The first-order valence-corrected chi connectivity index (χ1v) is 7.35. The average molecular weight is 275 g/mol. The molecule has 3 rings (SSSR count). The van der Waals surface area contributed by atoms with Crippen LogP contribution < -0.4 is 4.74 Å². The normalized spacial score (nSPS) is 28.4. The van der Waals surface area contributed by atoms with Crippen LogP contribution in [0.3, 0.4) is 0 Å². The number of amides is 1. The molecule has 0 bridgehead atoms. The van der Waals surface area contributed by atoms with Gasteiger partial charge in [0.2, 0.25) is 0 Å². The molecule has 4 heteroatoms. The minimum atomic E-state index is -0.0467. The third-order valence-electron chi connectivity index (χ3n) is 4.62. The summed E-state index contributed by atoms with van der Waals surface area (Å²) in [5, 5.41) is 9.38. The van der Waals surface area contributed by atoms with E-state index in [0.717, 1.165) is 30.7 Å². The number of hydrogen-bond acceptors (Lipinski definition) is 3. The van der Waals surface area contributed by atoms with Crippen LogP contribution in [0, 0.1) is 0 Å². The van der Waals surface area contributed by atoms with E-state index in [1.165, 1.54) is 0 Å². The minimum absolute atomic E-state index is 0.0142. The molecule has 4 nitrogen and oxygen atoms in total. The molecule has 0 spiro atoms. The first-order valence-electron chi connectivity index (χ1n) is 7.35. The highest BCUT2D eigenvalue weighted by Gasteiger charge is 2.35. The van der Waals surface area contributed by atoms with Crippen molar-refractivity contribution in [3.8, 4) is 5.75 Å². The number of benzene rings is 1. The third kappa shape index (κ3) is 1.99. The molecule has 1 saturated heterocycles. The van der Waals surface area contributed by atoms with E-state index in [1.807, 2.05) is 25.1 Å². The van der Waals surface area contributed by atoms with Crippen LogP contribution in [0.2, 0.25) is 0 Å². The van der Waals surface area contributed by atoms with Crippen molar-refractivity contribution < 1.29 is 14.6 Å². The average Bonchev–Trinajstić information content (AvgIpc) is 3.04. The Bertz CT molecular complexity index is 528. The van der Waals surface area contributed by atoms with Crippen LogP contribution in [0.4, 0.5) is 0 Å². The van der Waals surface area contributed by atoms with Gasteiger partial charge in [-0.15, -0.1) is 0 Å². The fraction of sp³-hybridized carbons (Fsp3) is 0.562. The van der Waals surface area contributed by atoms with Gasteiger partial charge in [0, 0.05) is 18.0 Å². The SMILES string of the molecule is CC1Oc2c(C(=O)N3CCCC3CO)cccc2C1C. The van der Waals surface area contributed by atoms with Gasteiger partial charge in [-0.25, -0.2) is 0 Å². The molecule has 1 N–H and O–H groups in total. The van der Waals surface area contributed by atoms with Crippen molar-refractivity contribution >= 4 is 5.91 Å². The Hall–Kier alpha value is -1.55. The Kier molecular flexibility index (Phi) is 3.42. The first kappa shape index (κ1) is 13.4. The number of rotatable bonds is 2. The highest BCUT2D eigenvalue weighted by molar-refractivity contribution is 5.98. The van der Waals surface area contributed by atoms with Gasteiger partial charge in [-0.2, -0.15) is 0 Å². The quantitative estimate of drug-likeness (QED) is 0.900. The van der Waals surface area contributed by atoms with Gasteiger partial charge in [0.1, 0.15) is 11.9 Å². The highest BCUT2D eigenvalue weighted by atomic mass is 16.5. The number of fused-ring (bicyclic) bond motifs is 1. The van der Waals surface area contributed by atoms with Gasteiger partial charge in [0.25, 0.3) is 5.91 Å². The predicted octanol–water partition coefficient (Wildman–Crippen LogP) is 2.17. The number of aliphatic hydroxyl groups is 1. The number of nitrogens with zero attached hydrogens (tertiary/aromatic N) is 1. The second kappa shape index (κ2) is 5.09. The van der Waals surface area contributed by atoms with Crippen molar-refractivity contribution in [3.05, 3.63) is 29.3 Å². The molecule has 1 fully saturated rings. The standard InChI is InChI=1S/C16H21NO3/c1-10-11(2)20-15-13(10)6-3-7-14(15)16(19)17-8-4-5-12(17)9-18/h3,6-7,10-12,18H,4-5,8-9H2,1-2H3. The van der Waals surface area contributed by atoms with E-state index in [2.05, 4.69) is 6.92 Å². The molecule has 2 heterocycles. The molecule has 2 aliphatic heterocycles. The molecule has 20 heavy (non-hydrogen) atoms. The zero-order valence-corrected chi connectivity index (χ0v) is 12.0. The molecule has 0 aromatic heterocycles. The molecule has 1 aromatic rings. The lowest BCUT2D eigenvalue weighted by molar-refractivity contribution is 0.0672. The predicted molar refractivity (Wildman–Crippen MR) is 76.1 cm³/mol. The maximum Gasteiger partial charge on any atom is 0.257 e. The van der Waals surface area contributed by atoms with Crippen LogP contribution >= 0.6 is 0 Å². The van der Waals surface area contributed by atoms with E-state index in [9.17, 15) is 9.90 Å². The van der Waals surface area contributed by atoms with E-state index in [4.69, 9.17) is 4.74 Å². The summed E-state index contributed by atoms with van der Waals surface area (Å²) in [5.41, 5.74) is 1.75. The van der Waals surface area contributed by atoms with Crippen LogP contribution in [0.15, 0.2) is 18.2 Å². The molecule has 1 amide bonds. The maximum atomic E-state index is 12.7. The van der Waals surface area contributed by atoms with Gasteiger partial charge in [-0.3, -0.25) is 4.79 Å². The lowest BCUT2D eigenvalue weighted by Gasteiger charge is -2.23. The molecular formula is C16H21NO3. The Labute approximate surface area is 119 Å². The number of para-hydroxylation sites is 1. The van der Waals surface area contributed by atoms with E-state index in [-0.39, 0.29) is 24.7 Å². The van der Waals surface area contributed by atoms with Gasteiger partial charge in [0.05, 0.1) is 18.2 Å². The topological polar surface area (TPSA) is 49.8 Å². The first-order chi connectivity index (χ1) is 9.63. The Morgan fingerprint density at radius 3 is 3.00 bits per heavy atom. The summed E-state index contributed by atoms with van der Waals surface area (Å²) in [7, 11) is 0. The van der Waals surface area contributed by atoms with Gasteiger partial charge in [0.15, 0.2) is 0 Å². The van der Waals surface area contributed by atoms with Gasteiger partial charge >= 0.3 is 0 Å². The molecule has 0 aliphatic carbocycles. The van der Waals surface area contributed by atoms with Gasteiger partial charge in [-0.1, -0.05) is 19.1 Å². The smallest absolute Gasteiger partial charge is 0.257 e. The summed E-state index contributed by atoms with van der Waals surface area (Å²) < 4.78 is 5.89. The van der Waals surface area contributed by atoms with Crippen molar-refractivity contribution in [3.63, 3.8) is 0 Å². The summed E-state index contributed by atoms with van der Waals surface area (Å²) in [6.07, 6.45) is 1.94. The van der Waals surface area contributed by atoms with Crippen LogP contribution in [0.25, 0.3) is 0 Å². The molecule has 0 radical (unpaired) electrons. The number of hydrogen-bond donors (Lipinski definition) is 1. The molecule has 108 valence electrons. The van der Waals surface area contributed by atoms with E-state index >= 15 is 0 Å². The van der Waals surface area contributed by atoms with Crippen molar-refractivity contribution in [2.75, 3.05) is 13.2 Å². The van der Waals surface area contributed by atoms with E-state index < -0.39 is 0 Å². The van der Waals surface area contributed by atoms with E-state index in [0.29, 0.717) is 11.5 Å². The number of carbonyl (C=O) groups excluding carboxylic acids is 1. The summed E-state index contributed by atoms with van der Waals surface area (Å²) in [6, 6.07) is 5.75. The molecular weight excluding hydrogens is 254 g/mol. The van der Waals surface area contributed by atoms with Crippen molar-refractivity contribution in [2.45, 2.75) is 44.8 Å². The fourth-order valence-electron chi connectivity index (χ4n) is 3.20. The second-order valence-corrected chi connectivity index (χ2v) is 5.81. The van der Waals surface area contributed by atoms with Crippen LogP contribution in [-0.4, -0.2) is 41.2 Å². The Balaban J connectivity index is 1.94. The molecule has 3 unspecified atom stereocenters. The lowest BCUT2D eigenvalue weighted by atomic mass is 9.96. The number of ether oxygens (including phenoxy) is 1. The zero-order chi connectivity index (χ0) is 14.3. The second-order valence-electron chi connectivity index (χ2n) is 5.81. The van der Waals surface area contributed by atoms with Crippen LogP contribution in [0.5, 0.6) is 5.75 Å². The molecule has 2 aliphatic rings. The summed E-state index contributed by atoms with van der Waals surface area (Å²) in [4.78, 5) is 14.5. The van der Waals surface area contributed by atoms with Crippen LogP contribution in [0.1, 0.15) is 48.5 Å².